The third kappa shape index (κ3) is 5.41. The first-order valence-electron chi connectivity index (χ1n) is 7.65. The fourth-order valence-corrected chi connectivity index (χ4v) is 2.32. The van der Waals surface area contributed by atoms with Crippen LogP contribution in [0.4, 0.5) is 0 Å². The number of methoxy groups -OCH3 is 1. The number of aromatic nitrogens is 2. The highest BCUT2D eigenvalue weighted by atomic mass is 16.5. The van der Waals surface area contributed by atoms with E-state index in [0.29, 0.717) is 19.6 Å². The normalized spacial score (nSPS) is 10.8. The van der Waals surface area contributed by atoms with Gasteiger partial charge in [0.2, 0.25) is 5.91 Å². The van der Waals surface area contributed by atoms with Crippen LogP contribution in [0.15, 0.2) is 30.5 Å². The summed E-state index contributed by atoms with van der Waals surface area (Å²) in [7, 11) is 3.58. The number of H-pyrrole nitrogens is 1. The van der Waals surface area contributed by atoms with Crippen molar-refractivity contribution < 1.29 is 9.53 Å². The van der Waals surface area contributed by atoms with E-state index in [1.807, 2.05) is 43.1 Å². The van der Waals surface area contributed by atoms with E-state index in [1.165, 1.54) is 5.56 Å². The first-order chi connectivity index (χ1) is 11.1. The molecule has 0 spiro atoms. The molecule has 2 rings (SSSR count). The lowest BCUT2D eigenvalue weighted by Gasteiger charge is -2.15. The van der Waals surface area contributed by atoms with Crippen molar-refractivity contribution in [3.05, 3.63) is 47.3 Å². The summed E-state index contributed by atoms with van der Waals surface area (Å²) in [5.41, 5.74) is 3.32. The molecular formula is C17H24N4O2. The van der Waals surface area contributed by atoms with Gasteiger partial charge in [0.15, 0.2) is 0 Å². The average molecular weight is 316 g/mol. The standard InChI is InChI=1S/C17H24N4O2/c1-13-15(10-19-20-13)11-21(2)12-17(22)18-9-8-14-4-6-16(23-3)7-5-14/h4-7,10H,8-9,11-12H2,1-3H3,(H,18,22)(H,19,20). The molecule has 1 amide bonds. The number of benzene rings is 1. The monoisotopic (exact) mass is 316 g/mol. The average Bonchev–Trinajstić information content (AvgIpc) is 2.93. The zero-order valence-electron chi connectivity index (χ0n) is 13.9. The van der Waals surface area contributed by atoms with E-state index in [-0.39, 0.29) is 5.91 Å². The highest BCUT2D eigenvalue weighted by molar-refractivity contribution is 5.77. The molecule has 0 aliphatic heterocycles. The maximum absolute atomic E-state index is 12.0. The molecule has 1 heterocycles. The molecule has 0 aliphatic rings. The number of amides is 1. The summed E-state index contributed by atoms with van der Waals surface area (Å²) in [6.07, 6.45) is 2.60. The Morgan fingerprint density at radius 1 is 1.35 bits per heavy atom. The van der Waals surface area contributed by atoms with Gasteiger partial charge in [-0.2, -0.15) is 5.10 Å². The number of hydrogen-bond acceptors (Lipinski definition) is 4. The molecule has 124 valence electrons. The Labute approximate surface area is 136 Å². The molecule has 0 unspecified atom stereocenters. The van der Waals surface area contributed by atoms with E-state index in [4.69, 9.17) is 4.74 Å². The molecule has 6 heteroatoms. The molecule has 2 N–H and O–H groups in total. The van der Waals surface area contributed by atoms with Crippen molar-refractivity contribution >= 4 is 5.91 Å². The van der Waals surface area contributed by atoms with E-state index in [1.54, 1.807) is 13.3 Å². The van der Waals surface area contributed by atoms with Crippen LogP contribution in [0.1, 0.15) is 16.8 Å². The molecule has 6 nitrogen and oxygen atoms in total. The smallest absolute Gasteiger partial charge is 0.234 e. The minimum absolute atomic E-state index is 0.0298. The Kier molecular flexibility index (Phi) is 6.17. The Balaban J connectivity index is 1.69. The number of rotatable bonds is 8. The summed E-state index contributed by atoms with van der Waals surface area (Å²) in [5, 5.41) is 9.84. The quantitative estimate of drug-likeness (QED) is 0.774. The summed E-state index contributed by atoms with van der Waals surface area (Å²) in [5.74, 6) is 0.871. The Hall–Kier alpha value is -2.34. The minimum atomic E-state index is 0.0298. The van der Waals surface area contributed by atoms with Gasteiger partial charge in [0, 0.05) is 24.3 Å². The van der Waals surface area contributed by atoms with Gasteiger partial charge in [0.25, 0.3) is 0 Å². The van der Waals surface area contributed by atoms with Gasteiger partial charge in [0.05, 0.1) is 19.9 Å². The minimum Gasteiger partial charge on any atom is -0.497 e. The number of likely N-dealkylation sites (N-methyl/N-ethyl adjacent to an activating group) is 1. The molecule has 0 aliphatic carbocycles. The van der Waals surface area contributed by atoms with Gasteiger partial charge in [-0.1, -0.05) is 12.1 Å². The van der Waals surface area contributed by atoms with Crippen molar-refractivity contribution in [1.29, 1.82) is 0 Å². The van der Waals surface area contributed by atoms with Crippen molar-refractivity contribution in [1.82, 2.24) is 20.4 Å². The summed E-state index contributed by atoms with van der Waals surface area (Å²) in [6, 6.07) is 7.88. The molecule has 0 atom stereocenters. The zero-order valence-corrected chi connectivity index (χ0v) is 13.9. The SMILES string of the molecule is COc1ccc(CCNC(=O)CN(C)Cc2cn[nH]c2C)cc1. The maximum atomic E-state index is 12.0. The first-order valence-corrected chi connectivity index (χ1v) is 7.65. The third-order valence-corrected chi connectivity index (χ3v) is 3.68. The van der Waals surface area contributed by atoms with Crippen LogP contribution in [0.3, 0.4) is 0 Å². The molecule has 1 aromatic carbocycles. The second-order valence-electron chi connectivity index (χ2n) is 5.64. The van der Waals surface area contributed by atoms with E-state index >= 15 is 0 Å². The summed E-state index contributed by atoms with van der Waals surface area (Å²) in [4.78, 5) is 13.9. The fraction of sp³-hybridized carbons (Fsp3) is 0.412. The number of hydrogen-bond donors (Lipinski definition) is 2. The topological polar surface area (TPSA) is 70.2 Å². The van der Waals surface area contributed by atoms with Crippen LogP contribution in [0, 0.1) is 6.92 Å². The number of carbonyl (C=O) groups excluding carboxylic acids is 1. The number of aryl methyl sites for hydroxylation is 1. The predicted octanol–water partition coefficient (Wildman–Crippen LogP) is 1.52. The van der Waals surface area contributed by atoms with Crippen LogP contribution in [0.25, 0.3) is 0 Å². The van der Waals surface area contributed by atoms with Crippen molar-refractivity contribution in [2.75, 3.05) is 27.2 Å². The van der Waals surface area contributed by atoms with Crippen molar-refractivity contribution in [3.8, 4) is 5.75 Å². The van der Waals surface area contributed by atoms with Crippen molar-refractivity contribution in [3.63, 3.8) is 0 Å². The molecule has 0 radical (unpaired) electrons. The highest BCUT2D eigenvalue weighted by Gasteiger charge is 2.09. The Bertz CT molecular complexity index is 622. The van der Waals surface area contributed by atoms with Gasteiger partial charge in [-0.3, -0.25) is 14.8 Å². The van der Waals surface area contributed by atoms with Gasteiger partial charge in [-0.15, -0.1) is 0 Å². The van der Waals surface area contributed by atoms with Crippen LogP contribution < -0.4 is 10.1 Å². The van der Waals surface area contributed by atoms with Crippen LogP contribution >= 0.6 is 0 Å². The number of carbonyl (C=O) groups is 1. The van der Waals surface area contributed by atoms with E-state index in [9.17, 15) is 4.79 Å². The van der Waals surface area contributed by atoms with Crippen LogP contribution in [0.2, 0.25) is 0 Å². The highest BCUT2D eigenvalue weighted by Crippen LogP contribution is 2.11. The van der Waals surface area contributed by atoms with Crippen LogP contribution in [-0.4, -0.2) is 48.3 Å². The molecular weight excluding hydrogens is 292 g/mol. The third-order valence-electron chi connectivity index (χ3n) is 3.68. The largest absolute Gasteiger partial charge is 0.497 e. The summed E-state index contributed by atoms with van der Waals surface area (Å²) in [6.45, 7) is 3.68. The maximum Gasteiger partial charge on any atom is 0.234 e. The lowest BCUT2D eigenvalue weighted by molar-refractivity contribution is -0.122. The van der Waals surface area contributed by atoms with E-state index in [2.05, 4.69) is 15.5 Å². The summed E-state index contributed by atoms with van der Waals surface area (Å²) >= 11 is 0. The molecule has 0 fully saturated rings. The van der Waals surface area contributed by atoms with Gasteiger partial charge >= 0.3 is 0 Å². The van der Waals surface area contributed by atoms with Crippen molar-refractivity contribution in [2.45, 2.75) is 19.9 Å². The molecule has 1 aromatic heterocycles. The van der Waals surface area contributed by atoms with E-state index < -0.39 is 0 Å². The molecule has 0 bridgehead atoms. The van der Waals surface area contributed by atoms with Gasteiger partial charge in [0.1, 0.15) is 5.75 Å². The Morgan fingerprint density at radius 3 is 2.70 bits per heavy atom. The van der Waals surface area contributed by atoms with Gasteiger partial charge in [-0.05, 0) is 38.1 Å². The first kappa shape index (κ1) is 17.0. The molecule has 0 saturated heterocycles. The van der Waals surface area contributed by atoms with Crippen molar-refractivity contribution in [2.24, 2.45) is 0 Å². The number of nitrogens with zero attached hydrogens (tertiary/aromatic N) is 2. The van der Waals surface area contributed by atoms with Gasteiger partial charge in [-0.25, -0.2) is 0 Å². The molecule has 23 heavy (non-hydrogen) atoms. The second-order valence-corrected chi connectivity index (χ2v) is 5.64. The lowest BCUT2D eigenvalue weighted by Crippen LogP contribution is -2.35. The van der Waals surface area contributed by atoms with Crippen LogP contribution in [-0.2, 0) is 17.8 Å². The fourth-order valence-electron chi connectivity index (χ4n) is 2.32. The van der Waals surface area contributed by atoms with E-state index in [0.717, 1.165) is 23.4 Å². The summed E-state index contributed by atoms with van der Waals surface area (Å²) < 4.78 is 5.13. The van der Waals surface area contributed by atoms with Gasteiger partial charge < -0.3 is 10.1 Å². The number of aromatic amines is 1. The van der Waals surface area contributed by atoms with Crippen LogP contribution in [0.5, 0.6) is 5.75 Å². The molecule has 0 saturated carbocycles. The Morgan fingerprint density at radius 2 is 2.09 bits per heavy atom. The second kappa shape index (κ2) is 8.33. The predicted molar refractivity (Wildman–Crippen MR) is 89.4 cm³/mol. The lowest BCUT2D eigenvalue weighted by atomic mass is 10.1. The zero-order chi connectivity index (χ0) is 16.7. The number of ether oxygens (including phenoxy) is 1. The number of nitrogens with one attached hydrogen (secondary N) is 2. The molecule has 2 aromatic rings.